The number of nitrogens with two attached hydrogens (primary N) is 1. The predicted octanol–water partition coefficient (Wildman–Crippen LogP) is 1.26. The molecular weight excluding hydrogens is 296 g/mol. The van der Waals surface area contributed by atoms with Crippen LogP contribution >= 0.6 is 0 Å². The summed E-state index contributed by atoms with van der Waals surface area (Å²) >= 11 is 0. The summed E-state index contributed by atoms with van der Waals surface area (Å²) in [5.41, 5.74) is 3.59. The Morgan fingerprint density at radius 3 is 2.17 bits per heavy atom. The lowest BCUT2D eigenvalue weighted by molar-refractivity contribution is -0.130. The molecule has 0 aromatic heterocycles. The molecule has 4 N–H and O–H groups in total. The predicted molar refractivity (Wildman–Crippen MR) is 90.9 cm³/mol. The molecule has 0 atom stereocenters. The maximum absolute atomic E-state index is 11.2. The molecule has 3 amide bonds. The standard InChI is InChI=1S/C8H16N2O2.C8H14N2O/c1-4-5-6(11)10-8(2,3)7(9)12;1-4-5-6-9-7(11)8(2,3)10-6/h4-5H2,1-3H3,(H2,9,12)(H,10,11);4-5H2,1-3H3,(H,9,10,11). The summed E-state index contributed by atoms with van der Waals surface area (Å²) in [6.07, 6.45) is 3.09. The number of rotatable bonds is 6. The molecule has 1 aliphatic rings. The zero-order valence-electron chi connectivity index (χ0n) is 15.1. The van der Waals surface area contributed by atoms with Crippen LogP contribution in [0.2, 0.25) is 0 Å². The van der Waals surface area contributed by atoms with Crippen LogP contribution in [0.25, 0.3) is 0 Å². The number of primary amides is 1. The van der Waals surface area contributed by atoms with Crippen molar-refractivity contribution in [2.45, 2.75) is 78.3 Å². The van der Waals surface area contributed by atoms with Crippen molar-refractivity contribution in [1.82, 2.24) is 10.6 Å². The highest BCUT2D eigenvalue weighted by molar-refractivity contribution is 6.07. The van der Waals surface area contributed by atoms with Crippen molar-refractivity contribution in [3.05, 3.63) is 0 Å². The first-order valence-electron chi connectivity index (χ1n) is 7.97. The van der Waals surface area contributed by atoms with Gasteiger partial charge in [-0.15, -0.1) is 0 Å². The Morgan fingerprint density at radius 2 is 1.83 bits per heavy atom. The smallest absolute Gasteiger partial charge is 0.252 e. The van der Waals surface area contributed by atoms with E-state index >= 15 is 0 Å². The van der Waals surface area contributed by atoms with Crippen molar-refractivity contribution < 1.29 is 14.4 Å². The van der Waals surface area contributed by atoms with Crippen LogP contribution < -0.4 is 16.4 Å². The Hall–Kier alpha value is -1.92. The number of amides is 3. The fourth-order valence-corrected chi connectivity index (χ4v) is 1.76. The van der Waals surface area contributed by atoms with Crippen LogP contribution in [0.1, 0.15) is 67.2 Å². The molecule has 0 unspecified atom stereocenters. The molecule has 0 aromatic carbocycles. The van der Waals surface area contributed by atoms with E-state index in [1.165, 1.54) is 0 Å². The molecule has 0 aromatic rings. The zero-order valence-corrected chi connectivity index (χ0v) is 15.1. The topological polar surface area (TPSA) is 114 Å². The third kappa shape index (κ3) is 7.25. The second kappa shape index (κ2) is 8.64. The lowest BCUT2D eigenvalue weighted by Crippen LogP contribution is -2.52. The molecule has 0 radical (unpaired) electrons. The molecule has 0 saturated carbocycles. The summed E-state index contributed by atoms with van der Waals surface area (Å²) in [4.78, 5) is 37.2. The number of carbonyl (C=O) groups is 3. The lowest BCUT2D eigenvalue weighted by atomic mass is 10.0. The molecule has 7 heteroatoms. The average Bonchev–Trinajstić information content (AvgIpc) is 2.63. The molecule has 0 spiro atoms. The van der Waals surface area contributed by atoms with E-state index in [2.05, 4.69) is 22.5 Å². The van der Waals surface area contributed by atoms with E-state index in [4.69, 9.17) is 5.73 Å². The first-order valence-corrected chi connectivity index (χ1v) is 7.97. The zero-order chi connectivity index (χ0) is 18.3. The summed E-state index contributed by atoms with van der Waals surface area (Å²) in [6, 6.07) is 0. The van der Waals surface area contributed by atoms with Crippen molar-refractivity contribution in [2.75, 3.05) is 0 Å². The van der Waals surface area contributed by atoms with E-state index in [-0.39, 0.29) is 11.8 Å². The molecule has 132 valence electrons. The second-order valence-electron chi connectivity index (χ2n) is 6.61. The fourth-order valence-electron chi connectivity index (χ4n) is 1.76. The van der Waals surface area contributed by atoms with Crippen LogP contribution in [0.15, 0.2) is 4.99 Å². The second-order valence-corrected chi connectivity index (χ2v) is 6.61. The van der Waals surface area contributed by atoms with E-state index in [0.29, 0.717) is 6.42 Å². The van der Waals surface area contributed by atoms with Gasteiger partial charge in [-0.25, -0.2) is 0 Å². The van der Waals surface area contributed by atoms with Gasteiger partial charge in [0.1, 0.15) is 16.9 Å². The van der Waals surface area contributed by atoms with Gasteiger partial charge >= 0.3 is 0 Å². The van der Waals surface area contributed by atoms with Gasteiger partial charge in [-0.3, -0.25) is 19.4 Å². The Labute approximate surface area is 138 Å². The van der Waals surface area contributed by atoms with Gasteiger partial charge in [0.2, 0.25) is 11.8 Å². The minimum atomic E-state index is -0.938. The number of hydrogen-bond acceptors (Lipinski definition) is 4. The molecule has 0 aliphatic carbocycles. The quantitative estimate of drug-likeness (QED) is 0.682. The minimum Gasteiger partial charge on any atom is -0.368 e. The van der Waals surface area contributed by atoms with Crippen LogP contribution in [0.3, 0.4) is 0 Å². The minimum absolute atomic E-state index is 0.0148. The molecule has 23 heavy (non-hydrogen) atoms. The Bertz CT molecular complexity index is 482. The lowest BCUT2D eigenvalue weighted by Gasteiger charge is -2.21. The highest BCUT2D eigenvalue weighted by atomic mass is 16.2. The van der Waals surface area contributed by atoms with Crippen molar-refractivity contribution in [3.8, 4) is 0 Å². The SMILES string of the molecule is CCCC(=O)NC(C)(C)C(N)=O.CCCC1=NC(C)(C)C(=O)N1. The first-order chi connectivity index (χ1) is 10.5. The van der Waals surface area contributed by atoms with Gasteiger partial charge in [-0.05, 0) is 40.5 Å². The van der Waals surface area contributed by atoms with Crippen molar-refractivity contribution in [3.63, 3.8) is 0 Å². The summed E-state index contributed by atoms with van der Waals surface area (Å²) in [7, 11) is 0. The number of nitrogens with one attached hydrogen (secondary N) is 2. The van der Waals surface area contributed by atoms with E-state index < -0.39 is 17.0 Å². The molecule has 1 aliphatic heterocycles. The largest absolute Gasteiger partial charge is 0.368 e. The Kier molecular flexibility index (Phi) is 7.92. The monoisotopic (exact) mass is 326 g/mol. The summed E-state index contributed by atoms with van der Waals surface area (Å²) in [5.74, 6) is 0.191. The summed E-state index contributed by atoms with van der Waals surface area (Å²) in [6.45, 7) is 10.8. The maximum atomic E-state index is 11.2. The van der Waals surface area contributed by atoms with E-state index in [1.54, 1.807) is 13.8 Å². The van der Waals surface area contributed by atoms with E-state index in [0.717, 1.165) is 25.1 Å². The first kappa shape index (κ1) is 21.1. The van der Waals surface area contributed by atoms with E-state index in [9.17, 15) is 14.4 Å². The molecule has 7 nitrogen and oxygen atoms in total. The number of nitrogens with zero attached hydrogens (tertiary/aromatic N) is 1. The van der Waals surface area contributed by atoms with Crippen LogP contribution in [-0.4, -0.2) is 34.6 Å². The van der Waals surface area contributed by atoms with Crippen molar-refractivity contribution in [2.24, 2.45) is 10.7 Å². The molecule has 1 rings (SSSR count). The fraction of sp³-hybridized carbons (Fsp3) is 0.750. The van der Waals surface area contributed by atoms with Gasteiger partial charge in [0, 0.05) is 12.8 Å². The van der Waals surface area contributed by atoms with Crippen molar-refractivity contribution in [1.29, 1.82) is 0 Å². The van der Waals surface area contributed by atoms with Crippen LogP contribution in [0.5, 0.6) is 0 Å². The van der Waals surface area contributed by atoms with Gasteiger partial charge in [0.05, 0.1) is 0 Å². The van der Waals surface area contributed by atoms with Crippen LogP contribution in [0.4, 0.5) is 0 Å². The Balaban J connectivity index is 0.000000422. The van der Waals surface area contributed by atoms with Crippen molar-refractivity contribution >= 4 is 23.6 Å². The third-order valence-electron chi connectivity index (χ3n) is 3.26. The molecule has 0 saturated heterocycles. The van der Waals surface area contributed by atoms with E-state index in [1.807, 2.05) is 20.8 Å². The molecular formula is C16H30N4O3. The normalized spacial score (nSPS) is 15.9. The third-order valence-corrected chi connectivity index (χ3v) is 3.26. The maximum Gasteiger partial charge on any atom is 0.252 e. The molecule has 0 bridgehead atoms. The highest BCUT2D eigenvalue weighted by Gasteiger charge is 2.33. The van der Waals surface area contributed by atoms with Gasteiger partial charge in [0.25, 0.3) is 5.91 Å². The average molecular weight is 326 g/mol. The van der Waals surface area contributed by atoms with Crippen LogP contribution in [-0.2, 0) is 14.4 Å². The van der Waals surface area contributed by atoms with Gasteiger partial charge in [0.15, 0.2) is 0 Å². The van der Waals surface area contributed by atoms with Gasteiger partial charge < -0.3 is 16.4 Å². The van der Waals surface area contributed by atoms with Gasteiger partial charge in [-0.2, -0.15) is 0 Å². The summed E-state index contributed by atoms with van der Waals surface area (Å²) < 4.78 is 0. The van der Waals surface area contributed by atoms with Gasteiger partial charge in [-0.1, -0.05) is 13.8 Å². The number of aliphatic imine (C=N–C) groups is 1. The Morgan fingerprint density at radius 1 is 1.26 bits per heavy atom. The summed E-state index contributed by atoms with van der Waals surface area (Å²) in [5, 5.41) is 5.30. The number of hydrogen-bond donors (Lipinski definition) is 3. The molecule has 1 heterocycles. The number of carbonyl (C=O) groups excluding carboxylic acids is 3. The van der Waals surface area contributed by atoms with Crippen LogP contribution in [0, 0.1) is 0 Å². The highest BCUT2D eigenvalue weighted by Crippen LogP contribution is 2.15. The number of amidine groups is 1. The molecule has 0 fully saturated rings.